The van der Waals surface area contributed by atoms with Crippen LogP contribution in [0, 0.1) is 0 Å². The van der Waals surface area contributed by atoms with Gasteiger partial charge in [0, 0.05) is 6.04 Å². The molecule has 0 spiro atoms. The summed E-state index contributed by atoms with van der Waals surface area (Å²) in [6, 6.07) is 0.149. The molecule has 1 aromatic heterocycles. The van der Waals surface area contributed by atoms with Gasteiger partial charge in [0.1, 0.15) is 0 Å². The number of hydrogen-bond acceptors (Lipinski definition) is 4. The van der Waals surface area contributed by atoms with Gasteiger partial charge in [0.05, 0.1) is 6.54 Å². The van der Waals surface area contributed by atoms with Crippen LogP contribution in [0.3, 0.4) is 0 Å². The molecule has 0 saturated heterocycles. The Kier molecular flexibility index (Phi) is 3.10. The molecule has 14 heavy (non-hydrogen) atoms. The highest BCUT2D eigenvalue weighted by atomic mass is 19.4. The summed E-state index contributed by atoms with van der Waals surface area (Å²) < 4.78 is 40.4. The van der Waals surface area contributed by atoms with Gasteiger partial charge in [-0.15, -0.1) is 0 Å². The second kappa shape index (κ2) is 3.95. The van der Waals surface area contributed by atoms with Gasteiger partial charge in [-0.05, 0) is 0 Å². The van der Waals surface area contributed by atoms with Crippen LogP contribution in [0.25, 0.3) is 0 Å². The molecular weight excluding hydrogens is 199 g/mol. The van der Waals surface area contributed by atoms with Crippen molar-refractivity contribution < 1.29 is 17.7 Å². The van der Waals surface area contributed by atoms with Gasteiger partial charge in [-0.2, -0.15) is 18.2 Å². The van der Waals surface area contributed by atoms with Crippen molar-refractivity contribution >= 4 is 0 Å². The number of nitrogens with zero attached hydrogens (tertiary/aromatic N) is 2. The van der Waals surface area contributed by atoms with Crippen LogP contribution in [0.2, 0.25) is 0 Å². The number of aromatic nitrogens is 2. The Hall–Kier alpha value is -1.11. The van der Waals surface area contributed by atoms with Gasteiger partial charge in [-0.1, -0.05) is 19.0 Å². The predicted molar refractivity (Wildman–Crippen MR) is 41.3 cm³/mol. The summed E-state index contributed by atoms with van der Waals surface area (Å²) in [5, 5.41) is 5.68. The van der Waals surface area contributed by atoms with E-state index in [-0.39, 0.29) is 18.5 Å². The summed E-state index contributed by atoms with van der Waals surface area (Å²) in [5.74, 6) is -1.30. The molecule has 1 aromatic rings. The fourth-order valence-electron chi connectivity index (χ4n) is 0.733. The van der Waals surface area contributed by atoms with Crippen molar-refractivity contribution in [2.75, 3.05) is 0 Å². The van der Waals surface area contributed by atoms with Crippen molar-refractivity contribution in [3.8, 4) is 0 Å². The third kappa shape index (κ3) is 2.99. The second-order valence-corrected chi connectivity index (χ2v) is 3.05. The first kappa shape index (κ1) is 11.0. The van der Waals surface area contributed by atoms with Crippen LogP contribution in [0.4, 0.5) is 13.2 Å². The molecule has 0 unspecified atom stereocenters. The lowest BCUT2D eigenvalue weighted by Crippen LogP contribution is -2.22. The molecule has 0 radical (unpaired) electrons. The minimum atomic E-state index is -4.54. The SMILES string of the molecule is CC(C)NCc1nc(C(F)(F)F)no1. The molecule has 0 atom stereocenters. The van der Waals surface area contributed by atoms with Crippen molar-refractivity contribution in [3.63, 3.8) is 0 Å². The topological polar surface area (TPSA) is 51.0 Å². The normalized spacial score (nSPS) is 12.4. The third-order valence-corrected chi connectivity index (χ3v) is 1.38. The van der Waals surface area contributed by atoms with Gasteiger partial charge < -0.3 is 9.84 Å². The standard InChI is InChI=1S/C7H10F3N3O/c1-4(2)11-3-5-12-6(13-14-5)7(8,9)10/h4,11H,3H2,1-2H3. The van der Waals surface area contributed by atoms with Gasteiger partial charge in [0.2, 0.25) is 5.89 Å². The summed E-state index contributed by atoms with van der Waals surface area (Å²) in [7, 11) is 0. The van der Waals surface area contributed by atoms with E-state index in [1.54, 1.807) is 0 Å². The van der Waals surface area contributed by atoms with Crippen LogP contribution < -0.4 is 5.32 Å². The first-order valence-electron chi connectivity index (χ1n) is 4.02. The van der Waals surface area contributed by atoms with Gasteiger partial charge in [-0.3, -0.25) is 0 Å². The lowest BCUT2D eigenvalue weighted by molar-refractivity contribution is -0.146. The van der Waals surface area contributed by atoms with Crippen LogP contribution in [0.1, 0.15) is 25.6 Å². The van der Waals surface area contributed by atoms with Crippen molar-refractivity contribution in [3.05, 3.63) is 11.7 Å². The highest BCUT2D eigenvalue weighted by molar-refractivity contribution is 4.90. The van der Waals surface area contributed by atoms with E-state index in [4.69, 9.17) is 0 Å². The van der Waals surface area contributed by atoms with E-state index in [9.17, 15) is 13.2 Å². The maximum absolute atomic E-state index is 12.0. The molecule has 1 rings (SSSR count). The van der Waals surface area contributed by atoms with Crippen molar-refractivity contribution in [1.29, 1.82) is 0 Å². The Morgan fingerprint density at radius 1 is 1.43 bits per heavy atom. The molecule has 1 heterocycles. The Bertz CT molecular complexity index is 295. The van der Waals surface area contributed by atoms with Crippen LogP contribution in [-0.4, -0.2) is 16.2 Å². The maximum atomic E-state index is 12.0. The number of hydrogen-bond donors (Lipinski definition) is 1. The molecular formula is C7H10F3N3O. The Balaban J connectivity index is 2.60. The Morgan fingerprint density at radius 2 is 2.07 bits per heavy atom. The highest BCUT2D eigenvalue weighted by Gasteiger charge is 2.37. The predicted octanol–water partition coefficient (Wildman–Crippen LogP) is 1.59. The average molecular weight is 209 g/mol. The molecule has 80 valence electrons. The monoisotopic (exact) mass is 209 g/mol. The van der Waals surface area contributed by atoms with E-state index in [1.807, 2.05) is 13.8 Å². The van der Waals surface area contributed by atoms with Crippen molar-refractivity contribution in [2.45, 2.75) is 32.6 Å². The van der Waals surface area contributed by atoms with E-state index < -0.39 is 12.0 Å². The minimum absolute atomic E-state index is 0.0639. The zero-order valence-corrected chi connectivity index (χ0v) is 7.72. The molecule has 1 N–H and O–H groups in total. The van der Waals surface area contributed by atoms with Crippen LogP contribution in [0.5, 0.6) is 0 Å². The van der Waals surface area contributed by atoms with Crippen molar-refractivity contribution in [1.82, 2.24) is 15.5 Å². The quantitative estimate of drug-likeness (QED) is 0.821. The fraction of sp³-hybridized carbons (Fsp3) is 0.714. The number of alkyl halides is 3. The summed E-state index contributed by atoms with van der Waals surface area (Å²) >= 11 is 0. The van der Waals surface area contributed by atoms with Gasteiger partial charge in [0.15, 0.2) is 0 Å². The molecule has 0 aliphatic carbocycles. The molecule has 0 bridgehead atoms. The largest absolute Gasteiger partial charge is 0.455 e. The van der Waals surface area contributed by atoms with Crippen molar-refractivity contribution in [2.24, 2.45) is 0 Å². The molecule has 0 saturated carbocycles. The van der Waals surface area contributed by atoms with Gasteiger partial charge in [-0.25, -0.2) is 0 Å². The minimum Gasteiger partial charge on any atom is -0.338 e. The first-order chi connectivity index (χ1) is 6.39. The van der Waals surface area contributed by atoms with Crippen LogP contribution in [-0.2, 0) is 12.7 Å². The highest BCUT2D eigenvalue weighted by Crippen LogP contribution is 2.26. The lowest BCUT2D eigenvalue weighted by Gasteiger charge is -2.03. The Labute approximate surface area is 78.5 Å². The third-order valence-electron chi connectivity index (χ3n) is 1.38. The molecule has 0 amide bonds. The Morgan fingerprint density at radius 3 is 2.50 bits per heavy atom. The molecule has 0 aliphatic heterocycles. The van der Waals surface area contributed by atoms with E-state index in [2.05, 4.69) is 20.0 Å². The van der Waals surface area contributed by atoms with E-state index in [1.165, 1.54) is 0 Å². The van der Waals surface area contributed by atoms with E-state index in [0.29, 0.717) is 0 Å². The number of rotatable bonds is 3. The zero-order chi connectivity index (χ0) is 10.8. The summed E-state index contributed by atoms with van der Waals surface area (Å²) in [6.45, 7) is 3.86. The number of halogens is 3. The first-order valence-corrected chi connectivity index (χ1v) is 4.02. The van der Waals surface area contributed by atoms with E-state index in [0.717, 1.165) is 0 Å². The number of nitrogens with one attached hydrogen (secondary N) is 1. The molecule has 0 aliphatic rings. The summed E-state index contributed by atoms with van der Waals surface area (Å²) in [4.78, 5) is 3.19. The average Bonchev–Trinajstić information content (AvgIpc) is 2.47. The summed E-state index contributed by atoms with van der Waals surface area (Å²) in [6.07, 6.45) is -4.54. The fourth-order valence-corrected chi connectivity index (χ4v) is 0.733. The van der Waals surface area contributed by atoms with Gasteiger partial charge >= 0.3 is 6.18 Å². The molecule has 7 heteroatoms. The summed E-state index contributed by atoms with van der Waals surface area (Å²) in [5.41, 5.74) is 0. The zero-order valence-electron chi connectivity index (χ0n) is 7.72. The molecule has 0 aromatic carbocycles. The van der Waals surface area contributed by atoms with Crippen LogP contribution >= 0.6 is 0 Å². The molecule has 0 fully saturated rings. The lowest BCUT2D eigenvalue weighted by atomic mass is 10.4. The molecule has 4 nitrogen and oxygen atoms in total. The van der Waals surface area contributed by atoms with Gasteiger partial charge in [0.25, 0.3) is 5.82 Å². The van der Waals surface area contributed by atoms with Crippen LogP contribution in [0.15, 0.2) is 4.52 Å². The van der Waals surface area contributed by atoms with E-state index >= 15 is 0 Å². The second-order valence-electron chi connectivity index (χ2n) is 3.05. The maximum Gasteiger partial charge on any atom is 0.455 e. The smallest absolute Gasteiger partial charge is 0.338 e.